The Kier molecular flexibility index (Phi) is 4.84. The van der Waals surface area contributed by atoms with E-state index < -0.39 is 12.0 Å². The number of aliphatic carboxylic acids is 1. The summed E-state index contributed by atoms with van der Waals surface area (Å²) in [5.41, 5.74) is 0.743. The summed E-state index contributed by atoms with van der Waals surface area (Å²) in [4.78, 5) is 29.0. The van der Waals surface area contributed by atoms with Gasteiger partial charge in [0.1, 0.15) is 6.04 Å². The fraction of sp³-hybridized carbons (Fsp3) is 0.462. The number of nitrogens with one attached hydrogen (secondary N) is 1. The number of carboxylic acids is 1. The number of hydrogen-bond donors (Lipinski definition) is 2. The first-order valence-corrected chi connectivity index (χ1v) is 7.48. The van der Waals surface area contributed by atoms with Crippen LogP contribution in [-0.2, 0) is 11.3 Å². The lowest BCUT2D eigenvalue weighted by molar-refractivity contribution is -0.141. The SMILES string of the molecule is CCC1SCC(C(=O)O)N1C(=O)NCc1ccccn1. The summed E-state index contributed by atoms with van der Waals surface area (Å²) in [6.45, 7) is 2.24. The van der Waals surface area contributed by atoms with Crippen molar-refractivity contribution < 1.29 is 14.7 Å². The number of urea groups is 1. The van der Waals surface area contributed by atoms with E-state index in [1.807, 2.05) is 19.1 Å². The van der Waals surface area contributed by atoms with Gasteiger partial charge in [-0.15, -0.1) is 11.8 Å². The molecule has 2 N–H and O–H groups in total. The van der Waals surface area contributed by atoms with Crippen LogP contribution in [0.3, 0.4) is 0 Å². The van der Waals surface area contributed by atoms with Gasteiger partial charge in [-0.1, -0.05) is 13.0 Å². The van der Waals surface area contributed by atoms with Gasteiger partial charge in [0.2, 0.25) is 0 Å². The molecule has 6 nitrogen and oxygen atoms in total. The standard InChI is InChI=1S/C13H17N3O3S/c1-2-11-16(10(8-20-11)12(17)18)13(19)15-7-9-5-3-4-6-14-9/h3-6,10-11H,2,7-8H2,1H3,(H,15,19)(H,17,18). The van der Waals surface area contributed by atoms with Gasteiger partial charge in [-0.3, -0.25) is 9.88 Å². The van der Waals surface area contributed by atoms with Crippen LogP contribution in [0.1, 0.15) is 19.0 Å². The van der Waals surface area contributed by atoms with Crippen LogP contribution in [0.4, 0.5) is 4.79 Å². The second kappa shape index (κ2) is 6.60. The Hall–Kier alpha value is -1.76. The van der Waals surface area contributed by atoms with E-state index in [1.165, 1.54) is 16.7 Å². The van der Waals surface area contributed by atoms with E-state index in [2.05, 4.69) is 10.3 Å². The lowest BCUT2D eigenvalue weighted by Crippen LogP contribution is -2.49. The zero-order chi connectivity index (χ0) is 14.5. The van der Waals surface area contributed by atoms with Gasteiger partial charge in [0.25, 0.3) is 0 Å². The maximum atomic E-state index is 12.2. The molecule has 2 heterocycles. The van der Waals surface area contributed by atoms with Crippen molar-refractivity contribution in [2.45, 2.75) is 31.3 Å². The van der Waals surface area contributed by atoms with Crippen molar-refractivity contribution in [2.24, 2.45) is 0 Å². The number of thioether (sulfide) groups is 1. The second-order valence-electron chi connectivity index (χ2n) is 4.44. The highest BCUT2D eigenvalue weighted by Gasteiger charge is 2.40. The van der Waals surface area contributed by atoms with Crippen LogP contribution in [0.2, 0.25) is 0 Å². The third-order valence-electron chi connectivity index (χ3n) is 3.11. The Labute approximate surface area is 121 Å². The number of carbonyl (C=O) groups excluding carboxylic acids is 1. The molecule has 1 aromatic rings. The first-order chi connectivity index (χ1) is 9.63. The average molecular weight is 295 g/mol. The van der Waals surface area contributed by atoms with Gasteiger partial charge in [0.05, 0.1) is 17.6 Å². The maximum absolute atomic E-state index is 12.2. The third kappa shape index (κ3) is 3.22. The van der Waals surface area contributed by atoms with E-state index in [0.29, 0.717) is 12.3 Å². The summed E-state index contributed by atoms with van der Waals surface area (Å²) in [6.07, 6.45) is 2.38. The molecule has 1 aliphatic rings. The molecule has 2 amide bonds. The minimum Gasteiger partial charge on any atom is -0.480 e. The minimum absolute atomic E-state index is 0.0835. The molecule has 1 saturated heterocycles. The molecule has 2 rings (SSSR count). The molecule has 1 aliphatic heterocycles. The number of carbonyl (C=O) groups is 2. The van der Waals surface area contributed by atoms with Crippen molar-refractivity contribution >= 4 is 23.8 Å². The van der Waals surface area contributed by atoms with E-state index in [0.717, 1.165) is 12.1 Å². The molecule has 0 spiro atoms. The van der Waals surface area contributed by atoms with Crippen LogP contribution in [0.25, 0.3) is 0 Å². The van der Waals surface area contributed by atoms with Gasteiger partial charge in [-0.2, -0.15) is 0 Å². The van der Waals surface area contributed by atoms with Crippen LogP contribution >= 0.6 is 11.8 Å². The van der Waals surface area contributed by atoms with Gasteiger partial charge in [-0.05, 0) is 18.6 Å². The van der Waals surface area contributed by atoms with Crippen LogP contribution in [-0.4, -0.2) is 44.2 Å². The molecule has 20 heavy (non-hydrogen) atoms. The van der Waals surface area contributed by atoms with E-state index in [4.69, 9.17) is 0 Å². The van der Waals surface area contributed by atoms with Crippen LogP contribution in [0.5, 0.6) is 0 Å². The summed E-state index contributed by atoms with van der Waals surface area (Å²) in [6, 6.07) is 4.35. The van der Waals surface area contributed by atoms with Crippen molar-refractivity contribution in [3.63, 3.8) is 0 Å². The summed E-state index contributed by atoms with van der Waals surface area (Å²) in [5.74, 6) is -0.522. The Morgan fingerprint density at radius 1 is 1.55 bits per heavy atom. The smallest absolute Gasteiger partial charge is 0.327 e. The van der Waals surface area contributed by atoms with Gasteiger partial charge in [0, 0.05) is 11.9 Å². The molecule has 0 aromatic carbocycles. The lowest BCUT2D eigenvalue weighted by atomic mass is 10.2. The Morgan fingerprint density at radius 3 is 2.95 bits per heavy atom. The van der Waals surface area contributed by atoms with Gasteiger partial charge in [-0.25, -0.2) is 9.59 Å². The van der Waals surface area contributed by atoms with Gasteiger partial charge < -0.3 is 10.4 Å². The molecular weight excluding hydrogens is 278 g/mol. The molecule has 0 aliphatic carbocycles. The summed E-state index contributed by atoms with van der Waals surface area (Å²) >= 11 is 1.51. The Balaban J connectivity index is 2.00. The van der Waals surface area contributed by atoms with Crippen molar-refractivity contribution in [1.82, 2.24) is 15.2 Å². The Morgan fingerprint density at radius 2 is 2.35 bits per heavy atom. The fourth-order valence-electron chi connectivity index (χ4n) is 2.10. The largest absolute Gasteiger partial charge is 0.480 e. The van der Waals surface area contributed by atoms with E-state index in [9.17, 15) is 14.7 Å². The van der Waals surface area contributed by atoms with E-state index >= 15 is 0 Å². The van der Waals surface area contributed by atoms with Crippen LogP contribution in [0, 0.1) is 0 Å². The lowest BCUT2D eigenvalue weighted by Gasteiger charge is -2.26. The zero-order valence-corrected chi connectivity index (χ0v) is 12.0. The molecule has 108 valence electrons. The topological polar surface area (TPSA) is 82.5 Å². The second-order valence-corrected chi connectivity index (χ2v) is 5.65. The minimum atomic E-state index is -0.957. The predicted molar refractivity (Wildman–Crippen MR) is 76.3 cm³/mol. The summed E-state index contributed by atoms with van der Waals surface area (Å²) in [5, 5.41) is 11.8. The number of pyridine rings is 1. The highest BCUT2D eigenvalue weighted by Crippen LogP contribution is 2.31. The summed E-state index contributed by atoms with van der Waals surface area (Å²) in [7, 11) is 0. The van der Waals surface area contributed by atoms with Gasteiger partial charge in [0.15, 0.2) is 0 Å². The van der Waals surface area contributed by atoms with Crippen molar-refractivity contribution in [1.29, 1.82) is 0 Å². The predicted octanol–water partition coefficient (Wildman–Crippen LogP) is 1.53. The molecule has 0 saturated carbocycles. The fourth-order valence-corrected chi connectivity index (χ4v) is 3.45. The number of nitrogens with zero attached hydrogens (tertiary/aromatic N) is 2. The molecule has 1 aromatic heterocycles. The van der Waals surface area contributed by atoms with Crippen molar-refractivity contribution in [3.05, 3.63) is 30.1 Å². The summed E-state index contributed by atoms with van der Waals surface area (Å²) < 4.78 is 0. The molecule has 2 unspecified atom stereocenters. The van der Waals surface area contributed by atoms with Gasteiger partial charge >= 0.3 is 12.0 Å². The number of hydrogen-bond acceptors (Lipinski definition) is 4. The molecular formula is C13H17N3O3S. The third-order valence-corrected chi connectivity index (χ3v) is 4.56. The number of amides is 2. The zero-order valence-electron chi connectivity index (χ0n) is 11.2. The molecule has 0 bridgehead atoms. The van der Waals surface area contributed by atoms with Crippen molar-refractivity contribution in [3.8, 4) is 0 Å². The molecule has 1 fully saturated rings. The average Bonchev–Trinajstić information content (AvgIpc) is 2.90. The monoisotopic (exact) mass is 295 g/mol. The highest BCUT2D eigenvalue weighted by molar-refractivity contribution is 8.00. The van der Waals surface area contributed by atoms with E-state index in [-0.39, 0.29) is 11.4 Å². The van der Waals surface area contributed by atoms with E-state index in [1.54, 1.807) is 12.3 Å². The van der Waals surface area contributed by atoms with Crippen molar-refractivity contribution in [2.75, 3.05) is 5.75 Å². The molecule has 0 radical (unpaired) electrons. The number of aromatic nitrogens is 1. The molecule has 2 atom stereocenters. The maximum Gasteiger partial charge on any atom is 0.327 e. The van der Waals surface area contributed by atoms with Crippen LogP contribution in [0.15, 0.2) is 24.4 Å². The normalized spacial score (nSPS) is 21.8. The first kappa shape index (κ1) is 14.6. The number of carboxylic acid groups (broad SMARTS) is 1. The Bertz CT molecular complexity index is 483. The van der Waals surface area contributed by atoms with Crippen LogP contribution < -0.4 is 5.32 Å². The first-order valence-electron chi connectivity index (χ1n) is 6.44. The molecule has 7 heteroatoms. The quantitative estimate of drug-likeness (QED) is 0.880. The number of rotatable bonds is 4. The highest BCUT2D eigenvalue weighted by atomic mass is 32.2.